The number of hydrogen-bond donors (Lipinski definition) is 1. The van der Waals surface area contributed by atoms with Crippen LogP contribution in [0.4, 0.5) is 0 Å². The van der Waals surface area contributed by atoms with Crippen LogP contribution in [0.15, 0.2) is 0 Å². The minimum Gasteiger partial charge on any atom is -0.310 e. The van der Waals surface area contributed by atoms with Crippen molar-refractivity contribution in [3.63, 3.8) is 0 Å². The highest BCUT2D eigenvalue weighted by atomic mass is 15.1. The van der Waals surface area contributed by atoms with Crippen LogP contribution in [0.5, 0.6) is 0 Å². The maximum absolute atomic E-state index is 3.90. The third-order valence-corrected chi connectivity index (χ3v) is 4.72. The summed E-state index contributed by atoms with van der Waals surface area (Å²) in [4.78, 5) is 4.93. The van der Waals surface area contributed by atoms with Crippen molar-refractivity contribution in [1.29, 1.82) is 0 Å². The van der Waals surface area contributed by atoms with E-state index in [1.807, 2.05) is 0 Å². The highest BCUT2D eigenvalue weighted by Gasteiger charge is 2.26. The Morgan fingerprint density at radius 2 is 1.75 bits per heavy atom. The van der Waals surface area contributed by atoms with Crippen LogP contribution >= 0.6 is 0 Å². The van der Waals surface area contributed by atoms with Gasteiger partial charge in [-0.25, -0.2) is 0 Å². The topological polar surface area (TPSA) is 18.5 Å². The van der Waals surface area contributed by atoms with Gasteiger partial charge in [0.15, 0.2) is 0 Å². The molecule has 1 saturated heterocycles. The van der Waals surface area contributed by atoms with E-state index in [1.165, 1.54) is 38.9 Å². The number of likely N-dealkylation sites (N-methyl/N-ethyl adjacent to an activating group) is 1. The predicted octanol–water partition coefficient (Wildman–Crippen LogP) is 2.67. The van der Waals surface area contributed by atoms with Crippen molar-refractivity contribution < 1.29 is 0 Å². The van der Waals surface area contributed by atoms with Gasteiger partial charge in [-0.1, -0.05) is 20.8 Å². The largest absolute Gasteiger partial charge is 0.310 e. The van der Waals surface area contributed by atoms with E-state index in [0.29, 0.717) is 18.0 Å². The zero-order chi connectivity index (χ0) is 15.1. The van der Waals surface area contributed by atoms with Crippen LogP contribution < -0.4 is 5.32 Å². The van der Waals surface area contributed by atoms with Crippen molar-refractivity contribution in [3.8, 4) is 0 Å². The number of nitrogens with one attached hydrogen (secondary N) is 1. The Kier molecular flexibility index (Phi) is 8.08. The zero-order valence-corrected chi connectivity index (χ0v) is 14.7. The molecule has 3 heteroatoms. The van der Waals surface area contributed by atoms with E-state index in [-0.39, 0.29) is 0 Å². The van der Waals surface area contributed by atoms with Gasteiger partial charge in [0.2, 0.25) is 0 Å². The molecule has 0 aliphatic carbocycles. The second kappa shape index (κ2) is 9.01. The average molecular weight is 284 g/mol. The van der Waals surface area contributed by atoms with Gasteiger partial charge in [-0.3, -0.25) is 0 Å². The average Bonchev–Trinajstić information content (AvgIpc) is 2.38. The van der Waals surface area contributed by atoms with Crippen LogP contribution in [-0.4, -0.2) is 62.2 Å². The van der Waals surface area contributed by atoms with Gasteiger partial charge in [-0.2, -0.15) is 0 Å². The minimum atomic E-state index is 0.605. The number of piperidine rings is 1. The second-order valence-corrected chi connectivity index (χ2v) is 7.25. The SMILES string of the molecule is CCCN1CCC(C(C)NC(CN(C)C)C(C)C)CC1. The molecule has 1 heterocycles. The van der Waals surface area contributed by atoms with Crippen LogP contribution in [0.25, 0.3) is 0 Å². The lowest BCUT2D eigenvalue weighted by atomic mass is 9.89. The maximum atomic E-state index is 3.90. The van der Waals surface area contributed by atoms with Crippen molar-refractivity contribution in [2.75, 3.05) is 40.3 Å². The van der Waals surface area contributed by atoms with Gasteiger partial charge in [0.25, 0.3) is 0 Å². The number of hydrogen-bond acceptors (Lipinski definition) is 3. The smallest absolute Gasteiger partial charge is 0.0220 e. The molecule has 1 rings (SSSR count). The van der Waals surface area contributed by atoms with E-state index in [2.05, 4.69) is 56.9 Å². The molecule has 2 unspecified atom stereocenters. The number of likely N-dealkylation sites (tertiary alicyclic amines) is 1. The van der Waals surface area contributed by atoms with Gasteiger partial charge < -0.3 is 15.1 Å². The maximum Gasteiger partial charge on any atom is 0.0220 e. The van der Waals surface area contributed by atoms with Gasteiger partial charge >= 0.3 is 0 Å². The second-order valence-electron chi connectivity index (χ2n) is 7.25. The van der Waals surface area contributed by atoms with E-state index in [1.54, 1.807) is 0 Å². The molecule has 0 spiro atoms. The summed E-state index contributed by atoms with van der Waals surface area (Å²) in [5, 5.41) is 3.90. The Morgan fingerprint density at radius 1 is 1.15 bits per heavy atom. The molecule has 0 aromatic heterocycles. The van der Waals surface area contributed by atoms with Gasteiger partial charge in [-0.15, -0.1) is 0 Å². The summed E-state index contributed by atoms with van der Waals surface area (Å²) in [6.45, 7) is 14.3. The highest BCUT2D eigenvalue weighted by molar-refractivity contribution is 4.84. The standard InChI is InChI=1S/C17H37N3/c1-7-10-20-11-8-16(9-12-20)15(4)18-17(14(2)3)13-19(5)6/h14-18H,7-13H2,1-6H3. The Balaban J connectivity index is 2.39. The van der Waals surface area contributed by atoms with Crippen LogP contribution in [0.2, 0.25) is 0 Å². The third-order valence-electron chi connectivity index (χ3n) is 4.72. The summed E-state index contributed by atoms with van der Waals surface area (Å²) in [5.74, 6) is 1.55. The molecule has 0 saturated carbocycles. The van der Waals surface area contributed by atoms with E-state index >= 15 is 0 Å². The lowest BCUT2D eigenvalue weighted by Gasteiger charge is -2.37. The van der Waals surface area contributed by atoms with Gasteiger partial charge in [0.05, 0.1) is 0 Å². The molecular weight excluding hydrogens is 246 g/mol. The molecule has 0 amide bonds. The first-order valence-corrected chi connectivity index (χ1v) is 8.57. The van der Waals surface area contributed by atoms with Gasteiger partial charge in [0.1, 0.15) is 0 Å². The molecule has 1 N–H and O–H groups in total. The van der Waals surface area contributed by atoms with Crippen LogP contribution in [-0.2, 0) is 0 Å². The Bertz CT molecular complexity index is 245. The molecule has 2 atom stereocenters. The molecule has 20 heavy (non-hydrogen) atoms. The number of rotatable bonds is 8. The van der Waals surface area contributed by atoms with Crippen molar-refractivity contribution in [1.82, 2.24) is 15.1 Å². The molecule has 0 bridgehead atoms. The monoisotopic (exact) mass is 283 g/mol. The van der Waals surface area contributed by atoms with Crippen LogP contribution in [0.3, 0.4) is 0 Å². The lowest BCUT2D eigenvalue weighted by Crippen LogP contribution is -2.50. The van der Waals surface area contributed by atoms with Crippen LogP contribution in [0.1, 0.15) is 47.0 Å². The van der Waals surface area contributed by atoms with Gasteiger partial charge in [-0.05, 0) is 71.8 Å². The summed E-state index contributed by atoms with van der Waals surface area (Å²) in [6, 6.07) is 1.25. The minimum absolute atomic E-state index is 0.605. The quantitative estimate of drug-likeness (QED) is 0.739. The zero-order valence-electron chi connectivity index (χ0n) is 14.7. The fourth-order valence-electron chi connectivity index (χ4n) is 3.32. The first kappa shape index (κ1) is 17.9. The summed E-state index contributed by atoms with van der Waals surface area (Å²) >= 11 is 0. The molecule has 3 nitrogen and oxygen atoms in total. The van der Waals surface area contributed by atoms with E-state index in [0.717, 1.165) is 12.5 Å². The van der Waals surface area contributed by atoms with Crippen molar-refractivity contribution in [2.24, 2.45) is 11.8 Å². The first-order valence-electron chi connectivity index (χ1n) is 8.57. The molecule has 1 fully saturated rings. The number of nitrogens with zero attached hydrogens (tertiary/aromatic N) is 2. The summed E-state index contributed by atoms with van der Waals surface area (Å²) in [6.07, 6.45) is 4.01. The van der Waals surface area contributed by atoms with E-state index in [4.69, 9.17) is 0 Å². The summed E-state index contributed by atoms with van der Waals surface area (Å²) < 4.78 is 0. The van der Waals surface area contributed by atoms with Crippen LogP contribution in [0, 0.1) is 11.8 Å². The Morgan fingerprint density at radius 3 is 2.20 bits per heavy atom. The van der Waals surface area contributed by atoms with Gasteiger partial charge in [0, 0.05) is 18.6 Å². The molecule has 0 radical (unpaired) electrons. The van der Waals surface area contributed by atoms with E-state index < -0.39 is 0 Å². The fraction of sp³-hybridized carbons (Fsp3) is 1.00. The highest BCUT2D eigenvalue weighted by Crippen LogP contribution is 2.21. The Labute approximate surface area is 127 Å². The molecule has 1 aliphatic heterocycles. The molecule has 120 valence electrons. The summed E-state index contributed by atoms with van der Waals surface area (Å²) in [5.41, 5.74) is 0. The predicted molar refractivity (Wildman–Crippen MR) is 89.2 cm³/mol. The first-order chi connectivity index (χ1) is 9.43. The summed E-state index contributed by atoms with van der Waals surface area (Å²) in [7, 11) is 4.34. The molecule has 0 aromatic carbocycles. The molecule has 1 aliphatic rings. The van der Waals surface area contributed by atoms with E-state index in [9.17, 15) is 0 Å². The Hall–Kier alpha value is -0.120. The normalized spacial score (nSPS) is 21.6. The third kappa shape index (κ3) is 6.11. The molecular formula is C17H37N3. The van der Waals surface area contributed by atoms with Crippen molar-refractivity contribution >= 4 is 0 Å². The molecule has 0 aromatic rings. The van der Waals surface area contributed by atoms with Crippen molar-refractivity contribution in [2.45, 2.75) is 59.0 Å². The van der Waals surface area contributed by atoms with Crippen molar-refractivity contribution in [3.05, 3.63) is 0 Å². The fourth-order valence-corrected chi connectivity index (χ4v) is 3.32. The lowest BCUT2D eigenvalue weighted by molar-refractivity contribution is 0.150.